The fourth-order valence-corrected chi connectivity index (χ4v) is 6.94. The van der Waals surface area contributed by atoms with Crippen molar-refractivity contribution in [3.8, 4) is 0 Å². The predicted molar refractivity (Wildman–Crippen MR) is 146 cm³/mol. The lowest BCUT2D eigenvalue weighted by atomic mass is 10.0. The molecule has 2 atom stereocenters. The molecule has 38 heavy (non-hydrogen) atoms. The number of likely N-dealkylation sites (N-methyl/N-ethyl adjacent to an activating group) is 1. The minimum atomic E-state index is -1.19. The number of nitrogen functional groups attached to an aromatic ring is 1. The molecule has 4 heterocycles. The highest BCUT2D eigenvalue weighted by molar-refractivity contribution is 8.00. The number of hydrogen-bond donors (Lipinski definition) is 3. The van der Waals surface area contributed by atoms with Gasteiger partial charge in [-0.3, -0.25) is 14.5 Å². The molecule has 2 aromatic rings. The van der Waals surface area contributed by atoms with Crippen LogP contribution in [0.5, 0.6) is 0 Å². The molecule has 0 spiro atoms. The minimum absolute atomic E-state index is 0.0674. The highest BCUT2D eigenvalue weighted by Crippen LogP contribution is 2.40. The maximum atomic E-state index is 13.0. The second kappa shape index (κ2) is 11.2. The number of thioether (sulfide) groups is 1. The highest BCUT2D eigenvalue weighted by Gasteiger charge is 2.54. The van der Waals surface area contributed by atoms with Crippen LogP contribution in [-0.4, -0.2) is 92.9 Å². The fourth-order valence-electron chi connectivity index (χ4n) is 4.08. The number of nitrogens with one attached hydrogen (secondary N) is 1. The number of carboxylic acid groups (broad SMARTS) is 1. The zero-order chi connectivity index (χ0) is 27.6. The van der Waals surface area contributed by atoms with Crippen molar-refractivity contribution in [3.05, 3.63) is 50.6 Å². The SMILES string of the molecule is CO/N=C(\C(=O)N[C@@H]1C(=O)N2C(C(=O)O)=C(/C=C/C[N+](C)(C)Cc3scnc3C)CS[C@@H]12)c1csc(N)n1. The van der Waals surface area contributed by atoms with Crippen molar-refractivity contribution < 1.29 is 28.8 Å². The van der Waals surface area contributed by atoms with Crippen molar-refractivity contribution in [2.24, 2.45) is 5.16 Å². The number of nitrogens with two attached hydrogens (primary N) is 1. The summed E-state index contributed by atoms with van der Waals surface area (Å²) < 4.78 is 0.664. The van der Waals surface area contributed by atoms with E-state index in [2.05, 4.69) is 34.5 Å². The Kier molecular flexibility index (Phi) is 8.20. The third-order valence-corrected chi connectivity index (χ3v) is 8.88. The number of carbonyl (C=O) groups excluding carboxylic acids is 2. The molecule has 12 nitrogen and oxygen atoms in total. The van der Waals surface area contributed by atoms with Crippen LogP contribution in [0.2, 0.25) is 0 Å². The smallest absolute Gasteiger partial charge is 0.352 e. The Morgan fingerprint density at radius 1 is 1.39 bits per heavy atom. The van der Waals surface area contributed by atoms with E-state index in [0.717, 1.165) is 23.6 Å². The number of thiazole rings is 2. The summed E-state index contributed by atoms with van der Waals surface area (Å²) in [6, 6.07) is -0.913. The summed E-state index contributed by atoms with van der Waals surface area (Å²) >= 11 is 4.14. The van der Waals surface area contributed by atoms with Crippen LogP contribution in [0.3, 0.4) is 0 Å². The van der Waals surface area contributed by atoms with Gasteiger partial charge in [-0.15, -0.1) is 34.4 Å². The van der Waals surface area contributed by atoms with Gasteiger partial charge in [0.15, 0.2) is 10.8 Å². The molecule has 0 aliphatic carbocycles. The Hall–Kier alpha value is -3.27. The summed E-state index contributed by atoms with van der Waals surface area (Å²) in [6.07, 6.45) is 3.72. The van der Waals surface area contributed by atoms with E-state index in [1.165, 1.54) is 28.6 Å². The zero-order valence-corrected chi connectivity index (χ0v) is 23.7. The van der Waals surface area contributed by atoms with Gasteiger partial charge in [-0.25, -0.2) is 14.8 Å². The van der Waals surface area contributed by atoms with Gasteiger partial charge in [0.25, 0.3) is 11.8 Å². The number of aromatic nitrogens is 2. The number of carbonyl (C=O) groups is 3. The Balaban J connectivity index is 1.46. The van der Waals surface area contributed by atoms with E-state index in [4.69, 9.17) is 10.6 Å². The number of oxime groups is 1. The first-order chi connectivity index (χ1) is 18.0. The molecule has 4 N–H and O–H groups in total. The van der Waals surface area contributed by atoms with E-state index in [1.54, 1.807) is 22.8 Å². The van der Waals surface area contributed by atoms with Gasteiger partial charge < -0.3 is 25.5 Å². The molecule has 2 aromatic heterocycles. The van der Waals surface area contributed by atoms with Crippen LogP contribution in [0.4, 0.5) is 5.13 Å². The lowest BCUT2D eigenvalue weighted by Crippen LogP contribution is -2.71. The van der Waals surface area contributed by atoms with E-state index >= 15 is 0 Å². The number of fused-ring (bicyclic) bond motifs is 1. The number of β-lactam (4-membered cyclic amide) rings is 1. The number of carboxylic acids is 1. The van der Waals surface area contributed by atoms with E-state index in [-0.39, 0.29) is 22.2 Å². The van der Waals surface area contributed by atoms with E-state index < -0.39 is 29.2 Å². The molecule has 1 saturated heterocycles. The molecule has 1 fully saturated rings. The molecule has 2 aliphatic heterocycles. The Morgan fingerprint density at radius 3 is 2.76 bits per heavy atom. The molecule has 4 rings (SSSR count). The van der Waals surface area contributed by atoms with Gasteiger partial charge in [0.2, 0.25) is 0 Å². The minimum Gasteiger partial charge on any atom is -0.477 e. The van der Waals surface area contributed by atoms with Gasteiger partial charge in [0, 0.05) is 11.1 Å². The van der Waals surface area contributed by atoms with Crippen molar-refractivity contribution in [3.63, 3.8) is 0 Å². The quantitative estimate of drug-likeness (QED) is 0.164. The first kappa shape index (κ1) is 27.8. The standard InChI is InChI=1S/C23H27N7O5S3/c1-12-15(38-11-25-12)8-30(2,3)7-5-6-13-9-36-21-17(20(32)29(21)18(13)22(33)34)27-19(31)16(28-35-4)14-10-37-23(24)26-14/h5-6,10-11,17,21H,7-9H2,1-4H3,(H3-,24,26,27,31,33,34)/p+1/b6-5+,28-16-/t17-,21+/m1/s1. The summed E-state index contributed by atoms with van der Waals surface area (Å²) in [5, 5.41) is 17.6. The molecular formula is C23H28N7O5S3+. The number of aryl methyl sites for hydroxylation is 1. The lowest BCUT2D eigenvalue weighted by Gasteiger charge is -2.49. The molecule has 0 unspecified atom stereocenters. The maximum absolute atomic E-state index is 13.0. The lowest BCUT2D eigenvalue weighted by molar-refractivity contribution is -0.897. The topological polar surface area (TPSA) is 160 Å². The molecule has 2 amide bonds. The first-order valence-corrected chi connectivity index (χ1v) is 14.2. The highest BCUT2D eigenvalue weighted by atomic mass is 32.2. The molecule has 2 aliphatic rings. The van der Waals surface area contributed by atoms with Gasteiger partial charge in [0.1, 0.15) is 36.5 Å². The van der Waals surface area contributed by atoms with Gasteiger partial charge in [-0.2, -0.15) is 0 Å². The summed E-state index contributed by atoms with van der Waals surface area (Å²) in [4.78, 5) is 53.6. The number of anilines is 1. The molecule has 202 valence electrons. The fraction of sp³-hybridized carbons (Fsp3) is 0.391. The normalized spacial score (nSPS) is 19.9. The molecule has 0 aromatic carbocycles. The summed E-state index contributed by atoms with van der Waals surface area (Å²) in [6.45, 7) is 3.45. The van der Waals surface area contributed by atoms with E-state index in [1.807, 2.05) is 18.5 Å². The molecule has 0 radical (unpaired) electrons. The Bertz CT molecular complexity index is 1350. The zero-order valence-electron chi connectivity index (χ0n) is 21.2. The third kappa shape index (κ3) is 5.75. The number of amides is 2. The van der Waals surface area contributed by atoms with Crippen LogP contribution >= 0.6 is 34.4 Å². The van der Waals surface area contributed by atoms with Crippen LogP contribution in [0, 0.1) is 6.92 Å². The summed E-state index contributed by atoms with van der Waals surface area (Å²) in [5.41, 5.74) is 9.08. The van der Waals surface area contributed by atoms with Crippen molar-refractivity contribution in [1.29, 1.82) is 0 Å². The molecule has 15 heteroatoms. The van der Waals surface area contributed by atoms with Crippen molar-refractivity contribution in [1.82, 2.24) is 20.2 Å². The number of quaternary nitrogens is 1. The molecule has 0 saturated carbocycles. The number of rotatable bonds is 10. The summed E-state index contributed by atoms with van der Waals surface area (Å²) in [5.74, 6) is -1.99. The van der Waals surface area contributed by atoms with Gasteiger partial charge in [-0.1, -0.05) is 11.2 Å². The van der Waals surface area contributed by atoms with Crippen LogP contribution in [0.1, 0.15) is 16.3 Å². The first-order valence-electron chi connectivity index (χ1n) is 11.4. The van der Waals surface area contributed by atoms with Gasteiger partial charge in [-0.05, 0) is 18.6 Å². The second-order valence-electron chi connectivity index (χ2n) is 9.27. The van der Waals surface area contributed by atoms with E-state index in [9.17, 15) is 19.5 Å². The average molecular weight is 579 g/mol. The van der Waals surface area contributed by atoms with Crippen molar-refractivity contribution in [2.45, 2.75) is 24.9 Å². The number of allylic oxidation sites excluding steroid dienone is 1. The van der Waals surface area contributed by atoms with Crippen LogP contribution in [0.15, 0.2) is 39.5 Å². The number of nitrogens with zero attached hydrogens (tertiary/aromatic N) is 5. The monoisotopic (exact) mass is 578 g/mol. The van der Waals surface area contributed by atoms with Gasteiger partial charge >= 0.3 is 5.97 Å². The third-order valence-electron chi connectivity index (χ3n) is 5.98. The van der Waals surface area contributed by atoms with Crippen LogP contribution in [-0.2, 0) is 25.8 Å². The van der Waals surface area contributed by atoms with Crippen LogP contribution < -0.4 is 11.1 Å². The predicted octanol–water partition coefficient (Wildman–Crippen LogP) is 1.41. The Labute approximate surface area is 231 Å². The van der Waals surface area contributed by atoms with E-state index in [0.29, 0.717) is 22.4 Å². The van der Waals surface area contributed by atoms with Crippen molar-refractivity contribution >= 4 is 63.1 Å². The maximum Gasteiger partial charge on any atom is 0.352 e. The largest absolute Gasteiger partial charge is 0.477 e. The number of hydrogen-bond acceptors (Lipinski definition) is 11. The Morgan fingerprint density at radius 2 is 2.16 bits per heavy atom. The molecule has 0 bridgehead atoms. The summed E-state index contributed by atoms with van der Waals surface area (Å²) in [7, 11) is 5.47. The molecular weight excluding hydrogens is 550 g/mol. The van der Waals surface area contributed by atoms with Crippen molar-refractivity contribution in [2.75, 3.05) is 39.2 Å². The van der Waals surface area contributed by atoms with Gasteiger partial charge in [0.05, 0.1) is 36.7 Å². The second-order valence-corrected chi connectivity index (χ2v) is 12.2. The van der Waals surface area contributed by atoms with Crippen LogP contribution in [0.25, 0.3) is 0 Å². The average Bonchev–Trinajstić information content (AvgIpc) is 3.47. The number of aliphatic carboxylic acids is 1.